The number of rotatable bonds is 7. The predicted molar refractivity (Wildman–Crippen MR) is 127 cm³/mol. The van der Waals surface area contributed by atoms with Gasteiger partial charge in [0.2, 0.25) is 11.8 Å². The van der Waals surface area contributed by atoms with Crippen LogP contribution in [0.2, 0.25) is 5.02 Å². The van der Waals surface area contributed by atoms with Crippen molar-refractivity contribution >= 4 is 28.7 Å². The van der Waals surface area contributed by atoms with Crippen molar-refractivity contribution < 1.29 is 9.53 Å². The first-order chi connectivity index (χ1) is 15.8. The summed E-state index contributed by atoms with van der Waals surface area (Å²) in [5.74, 6) is 0.734. The molecule has 2 N–H and O–H groups in total. The van der Waals surface area contributed by atoms with Crippen molar-refractivity contribution in [1.82, 2.24) is 19.5 Å². The topological polar surface area (TPSA) is 95.9 Å². The zero-order chi connectivity index (χ0) is 23.2. The number of benzene rings is 2. The predicted octanol–water partition coefficient (Wildman–Crippen LogP) is 4.46. The fraction of sp³-hybridized carbons (Fsp3) is 0.280. The second kappa shape index (κ2) is 8.15. The minimum absolute atomic E-state index is 0.127. The van der Waals surface area contributed by atoms with Crippen LogP contribution in [-0.4, -0.2) is 31.0 Å². The largest absolute Gasteiger partial charge is 0.470 e. The zero-order valence-corrected chi connectivity index (χ0v) is 19.3. The summed E-state index contributed by atoms with van der Waals surface area (Å²) in [7, 11) is 0. The summed E-state index contributed by atoms with van der Waals surface area (Å²) in [6.45, 7) is 4.71. The Labute approximate surface area is 196 Å². The molecule has 1 saturated carbocycles. The summed E-state index contributed by atoms with van der Waals surface area (Å²) in [5, 5.41) is 0.486. The molecule has 2 heterocycles. The van der Waals surface area contributed by atoms with Crippen LogP contribution in [0.15, 0.2) is 48.8 Å². The standard InChI is InChI=1S/C25H24ClN5O2/c1-15-5-3-4-6-17(15)13-31-22(18-8-7-16(11-19(18)26)12-20(27)32)30-21-23(31)28-14-29-24(21)33-25(2)9-10-25/h3-8,11,14H,9-10,12-13H2,1-2H3,(H2,27,32). The lowest BCUT2D eigenvalue weighted by Crippen LogP contribution is -2.13. The van der Waals surface area contributed by atoms with Crippen molar-refractivity contribution in [2.24, 2.45) is 5.73 Å². The van der Waals surface area contributed by atoms with Gasteiger partial charge < -0.3 is 15.0 Å². The van der Waals surface area contributed by atoms with Crippen molar-refractivity contribution in [1.29, 1.82) is 0 Å². The monoisotopic (exact) mass is 461 g/mol. The average Bonchev–Trinajstić information content (AvgIpc) is 3.38. The van der Waals surface area contributed by atoms with Crippen LogP contribution in [0.4, 0.5) is 0 Å². The van der Waals surface area contributed by atoms with Gasteiger partial charge >= 0.3 is 0 Å². The molecule has 1 aliphatic rings. The molecular weight excluding hydrogens is 438 g/mol. The molecular formula is C25H24ClN5O2. The van der Waals surface area contributed by atoms with Crippen LogP contribution < -0.4 is 10.5 Å². The van der Waals surface area contributed by atoms with Gasteiger partial charge in [-0.15, -0.1) is 0 Å². The number of nitrogens with two attached hydrogens (primary N) is 1. The maximum Gasteiger partial charge on any atom is 0.245 e. The van der Waals surface area contributed by atoms with E-state index in [9.17, 15) is 4.79 Å². The summed E-state index contributed by atoms with van der Waals surface area (Å²) in [5.41, 5.74) is 10.2. The van der Waals surface area contributed by atoms with Gasteiger partial charge in [-0.05, 0) is 55.5 Å². The Bertz CT molecular complexity index is 1380. The number of aryl methyl sites for hydroxylation is 1. The van der Waals surface area contributed by atoms with Crippen molar-refractivity contribution in [2.45, 2.75) is 45.3 Å². The van der Waals surface area contributed by atoms with Gasteiger partial charge in [0.15, 0.2) is 11.2 Å². The zero-order valence-electron chi connectivity index (χ0n) is 18.5. The fourth-order valence-corrected chi connectivity index (χ4v) is 4.15. The maximum atomic E-state index is 11.3. The lowest BCUT2D eigenvalue weighted by atomic mass is 10.1. The van der Waals surface area contributed by atoms with Gasteiger partial charge in [-0.1, -0.05) is 41.9 Å². The first-order valence-electron chi connectivity index (χ1n) is 10.8. The number of ether oxygens (including phenoxy) is 1. The molecule has 0 saturated heterocycles. The van der Waals surface area contributed by atoms with Gasteiger partial charge in [-0.2, -0.15) is 4.98 Å². The lowest BCUT2D eigenvalue weighted by Gasteiger charge is -2.13. The number of hydrogen-bond donors (Lipinski definition) is 1. The molecule has 5 rings (SSSR count). The molecule has 4 aromatic rings. The third-order valence-corrected chi connectivity index (χ3v) is 6.35. The molecule has 0 spiro atoms. The molecule has 0 aliphatic heterocycles. The van der Waals surface area contributed by atoms with E-state index >= 15 is 0 Å². The van der Waals surface area contributed by atoms with E-state index in [1.54, 1.807) is 6.07 Å². The number of carbonyl (C=O) groups is 1. The number of hydrogen-bond acceptors (Lipinski definition) is 5. The van der Waals surface area contributed by atoms with E-state index in [0.29, 0.717) is 34.4 Å². The van der Waals surface area contributed by atoms with Gasteiger partial charge in [0.1, 0.15) is 17.8 Å². The molecule has 7 nitrogen and oxygen atoms in total. The SMILES string of the molecule is Cc1ccccc1Cn1c(-c2ccc(CC(N)=O)cc2Cl)nc2c(OC3(C)CC3)ncnc21. The second-order valence-corrected chi connectivity index (χ2v) is 9.22. The number of amides is 1. The highest BCUT2D eigenvalue weighted by atomic mass is 35.5. The van der Waals surface area contributed by atoms with Crippen LogP contribution in [-0.2, 0) is 17.8 Å². The summed E-state index contributed by atoms with van der Waals surface area (Å²) >= 11 is 6.66. The van der Waals surface area contributed by atoms with Crippen molar-refractivity contribution in [3.8, 4) is 17.3 Å². The number of aromatic nitrogens is 4. The molecule has 8 heteroatoms. The molecule has 2 aromatic heterocycles. The molecule has 0 bridgehead atoms. The van der Waals surface area contributed by atoms with Crippen LogP contribution in [0.25, 0.3) is 22.6 Å². The third kappa shape index (κ3) is 4.28. The summed E-state index contributed by atoms with van der Waals surface area (Å²) < 4.78 is 8.22. The van der Waals surface area contributed by atoms with Gasteiger partial charge in [0.05, 0.1) is 18.0 Å². The molecule has 33 heavy (non-hydrogen) atoms. The van der Waals surface area contributed by atoms with Crippen LogP contribution >= 0.6 is 11.6 Å². The molecule has 2 aromatic carbocycles. The summed E-state index contributed by atoms with van der Waals surface area (Å²) in [6, 6.07) is 13.7. The van der Waals surface area contributed by atoms with Crippen molar-refractivity contribution in [2.75, 3.05) is 0 Å². The maximum absolute atomic E-state index is 11.3. The highest BCUT2D eigenvalue weighted by Gasteiger charge is 2.41. The van der Waals surface area contributed by atoms with Gasteiger partial charge in [-0.3, -0.25) is 4.79 Å². The Morgan fingerprint density at radius 1 is 1.21 bits per heavy atom. The second-order valence-electron chi connectivity index (χ2n) is 8.81. The van der Waals surface area contributed by atoms with Crippen LogP contribution in [0, 0.1) is 6.92 Å². The van der Waals surface area contributed by atoms with E-state index in [1.807, 2.05) is 28.8 Å². The first kappa shape index (κ1) is 21.4. The van der Waals surface area contributed by atoms with Crippen molar-refractivity contribution in [3.63, 3.8) is 0 Å². The average molecular weight is 462 g/mol. The van der Waals surface area contributed by atoms with E-state index in [0.717, 1.165) is 29.5 Å². The molecule has 0 unspecified atom stereocenters. The van der Waals surface area contributed by atoms with Crippen LogP contribution in [0.5, 0.6) is 5.88 Å². The van der Waals surface area contributed by atoms with Crippen molar-refractivity contribution in [3.05, 3.63) is 70.5 Å². The van der Waals surface area contributed by atoms with Gasteiger partial charge in [-0.25, -0.2) is 9.97 Å². The Balaban J connectivity index is 1.67. The van der Waals surface area contributed by atoms with Crippen LogP contribution in [0.3, 0.4) is 0 Å². The summed E-state index contributed by atoms with van der Waals surface area (Å²) in [4.78, 5) is 25.2. The van der Waals surface area contributed by atoms with Crippen LogP contribution in [0.1, 0.15) is 36.5 Å². The Hall–Kier alpha value is -3.45. The van der Waals surface area contributed by atoms with E-state index in [1.165, 1.54) is 11.9 Å². The van der Waals surface area contributed by atoms with E-state index < -0.39 is 5.91 Å². The minimum Gasteiger partial charge on any atom is -0.470 e. The molecule has 168 valence electrons. The number of primary amides is 1. The molecule has 1 aliphatic carbocycles. The highest BCUT2D eigenvalue weighted by Crippen LogP contribution is 2.41. The fourth-order valence-electron chi connectivity index (χ4n) is 3.87. The first-order valence-corrected chi connectivity index (χ1v) is 11.2. The minimum atomic E-state index is -0.406. The normalized spacial score (nSPS) is 14.4. The quantitative estimate of drug-likeness (QED) is 0.438. The number of imidazole rings is 1. The van der Waals surface area contributed by atoms with Gasteiger partial charge in [0.25, 0.3) is 0 Å². The Kier molecular flexibility index (Phi) is 5.29. The molecule has 0 atom stereocenters. The van der Waals surface area contributed by atoms with E-state index in [-0.39, 0.29) is 12.0 Å². The van der Waals surface area contributed by atoms with E-state index in [2.05, 4.69) is 35.9 Å². The third-order valence-electron chi connectivity index (χ3n) is 6.04. The highest BCUT2D eigenvalue weighted by molar-refractivity contribution is 6.33. The smallest absolute Gasteiger partial charge is 0.245 e. The Morgan fingerprint density at radius 2 is 2.00 bits per heavy atom. The number of carbonyl (C=O) groups excluding carboxylic acids is 1. The number of halogens is 1. The number of nitrogens with zero attached hydrogens (tertiary/aromatic N) is 4. The van der Waals surface area contributed by atoms with Gasteiger partial charge in [0, 0.05) is 5.56 Å². The van der Waals surface area contributed by atoms with E-state index in [4.69, 9.17) is 27.1 Å². The number of fused-ring (bicyclic) bond motifs is 1. The lowest BCUT2D eigenvalue weighted by molar-refractivity contribution is -0.117. The molecule has 1 fully saturated rings. The Morgan fingerprint density at radius 3 is 2.70 bits per heavy atom. The molecule has 0 radical (unpaired) electrons. The summed E-state index contributed by atoms with van der Waals surface area (Å²) in [6.07, 6.45) is 3.62. The molecule has 1 amide bonds.